The molecule has 0 bridgehead atoms. The van der Waals surface area contributed by atoms with Crippen LogP contribution in [0.5, 0.6) is 0 Å². The van der Waals surface area contributed by atoms with Gasteiger partial charge in [-0.05, 0) is 25.5 Å². The number of pyridine rings is 1. The molecule has 1 aromatic rings. The van der Waals surface area contributed by atoms with Crippen LogP contribution in [0.4, 0.5) is 0 Å². The minimum atomic E-state index is 0.725. The second-order valence-corrected chi connectivity index (χ2v) is 2.28. The van der Waals surface area contributed by atoms with Crippen LogP contribution in [0.2, 0.25) is 0 Å². The Balaban J connectivity index is 0.000000561. The molecule has 2 nitrogen and oxygen atoms in total. The molecule has 0 radical (unpaired) electrons. The highest BCUT2D eigenvalue weighted by Crippen LogP contribution is 2.02. The van der Waals surface area contributed by atoms with Crippen LogP contribution in [0.15, 0.2) is 12.1 Å². The van der Waals surface area contributed by atoms with E-state index in [1.807, 2.05) is 39.8 Å². The van der Waals surface area contributed by atoms with E-state index >= 15 is 0 Å². The molecular weight excluding hydrogens is 148 g/mol. The first-order chi connectivity index (χ1) is 5.74. The number of rotatable bonds is 1. The molecule has 0 saturated carbocycles. The molecule has 0 spiro atoms. The van der Waals surface area contributed by atoms with Crippen molar-refractivity contribution in [2.75, 3.05) is 0 Å². The van der Waals surface area contributed by atoms with Crippen LogP contribution in [-0.4, -0.2) is 11.2 Å². The zero-order valence-electron chi connectivity index (χ0n) is 8.18. The van der Waals surface area contributed by atoms with Crippen LogP contribution in [0, 0.1) is 19.3 Å². The lowest BCUT2D eigenvalue weighted by molar-refractivity contribution is 1.14. The number of nitrogens with zero attached hydrogens (tertiary/aromatic N) is 1. The van der Waals surface area contributed by atoms with Gasteiger partial charge >= 0.3 is 0 Å². The van der Waals surface area contributed by atoms with Gasteiger partial charge in [0.05, 0.1) is 5.69 Å². The van der Waals surface area contributed by atoms with E-state index < -0.39 is 0 Å². The van der Waals surface area contributed by atoms with Crippen LogP contribution in [-0.2, 0) is 0 Å². The van der Waals surface area contributed by atoms with Crippen molar-refractivity contribution in [1.82, 2.24) is 4.98 Å². The highest BCUT2D eigenvalue weighted by Gasteiger charge is 1.92. The van der Waals surface area contributed by atoms with Gasteiger partial charge in [-0.25, -0.2) is 0 Å². The summed E-state index contributed by atoms with van der Waals surface area (Å²) in [6.07, 6.45) is 1.26. The first-order valence-corrected chi connectivity index (χ1v) is 4.19. The molecule has 12 heavy (non-hydrogen) atoms. The summed E-state index contributed by atoms with van der Waals surface area (Å²) in [5.41, 5.74) is 2.90. The lowest BCUT2D eigenvalue weighted by atomic mass is 10.2. The third-order valence-electron chi connectivity index (χ3n) is 1.52. The molecule has 0 unspecified atom stereocenters. The number of nitrogens with one attached hydrogen (secondary N) is 1. The number of aryl methyl sites for hydroxylation is 2. The van der Waals surface area contributed by atoms with Gasteiger partial charge in [-0.2, -0.15) is 0 Å². The van der Waals surface area contributed by atoms with Crippen molar-refractivity contribution in [2.45, 2.75) is 27.7 Å². The SMILES string of the molecule is CC.Cc1ccc(C=N)nc1C. The fourth-order valence-electron chi connectivity index (χ4n) is 0.730. The molecular formula is C10H16N2. The van der Waals surface area contributed by atoms with Gasteiger partial charge in [-0.3, -0.25) is 4.98 Å². The Kier molecular flexibility index (Phi) is 4.93. The van der Waals surface area contributed by atoms with Crippen molar-refractivity contribution in [3.63, 3.8) is 0 Å². The lowest BCUT2D eigenvalue weighted by Crippen LogP contribution is -1.91. The van der Waals surface area contributed by atoms with Crippen LogP contribution in [0.1, 0.15) is 30.8 Å². The van der Waals surface area contributed by atoms with Crippen LogP contribution in [0.3, 0.4) is 0 Å². The summed E-state index contributed by atoms with van der Waals surface area (Å²) >= 11 is 0. The largest absolute Gasteiger partial charge is 0.307 e. The van der Waals surface area contributed by atoms with Crippen LogP contribution < -0.4 is 0 Å². The topological polar surface area (TPSA) is 36.7 Å². The van der Waals surface area contributed by atoms with Crippen molar-refractivity contribution in [2.24, 2.45) is 0 Å². The Morgan fingerprint density at radius 1 is 1.25 bits per heavy atom. The third-order valence-corrected chi connectivity index (χ3v) is 1.52. The molecule has 1 aromatic heterocycles. The van der Waals surface area contributed by atoms with E-state index in [0.717, 1.165) is 11.4 Å². The summed E-state index contributed by atoms with van der Waals surface area (Å²) < 4.78 is 0. The maximum Gasteiger partial charge on any atom is 0.0808 e. The van der Waals surface area contributed by atoms with Gasteiger partial charge in [0.2, 0.25) is 0 Å². The summed E-state index contributed by atoms with van der Waals surface area (Å²) in [5.74, 6) is 0. The molecule has 0 fully saturated rings. The highest BCUT2D eigenvalue weighted by molar-refractivity contribution is 5.74. The predicted octanol–water partition coefficient (Wildman–Crippen LogP) is 2.72. The summed E-state index contributed by atoms with van der Waals surface area (Å²) in [6, 6.07) is 3.82. The van der Waals surface area contributed by atoms with E-state index in [1.165, 1.54) is 11.8 Å². The summed E-state index contributed by atoms with van der Waals surface area (Å²) in [5, 5.41) is 6.92. The Labute approximate surface area is 74.2 Å². The molecule has 66 valence electrons. The normalized spacial score (nSPS) is 8.33. The summed E-state index contributed by atoms with van der Waals surface area (Å²) in [4.78, 5) is 4.15. The maximum atomic E-state index is 6.92. The first kappa shape index (κ1) is 10.8. The molecule has 0 aliphatic carbocycles. The van der Waals surface area contributed by atoms with Gasteiger partial charge in [0.15, 0.2) is 0 Å². The molecule has 0 saturated heterocycles. The van der Waals surface area contributed by atoms with Crippen LogP contribution in [0.25, 0.3) is 0 Å². The summed E-state index contributed by atoms with van der Waals surface area (Å²) in [7, 11) is 0. The Bertz CT molecular complexity index is 254. The quantitative estimate of drug-likeness (QED) is 0.636. The number of aromatic nitrogens is 1. The Hall–Kier alpha value is -1.18. The molecule has 1 heterocycles. The molecule has 1 N–H and O–H groups in total. The monoisotopic (exact) mass is 164 g/mol. The minimum absolute atomic E-state index is 0.725. The zero-order valence-corrected chi connectivity index (χ0v) is 8.18. The van der Waals surface area contributed by atoms with E-state index in [-0.39, 0.29) is 0 Å². The van der Waals surface area contributed by atoms with Gasteiger partial charge in [-0.15, -0.1) is 0 Å². The standard InChI is InChI=1S/C8H10N2.C2H6/c1-6-3-4-8(5-9)10-7(6)2;1-2/h3-5,9H,1-2H3;1-2H3. The maximum absolute atomic E-state index is 6.92. The van der Waals surface area contributed by atoms with Gasteiger partial charge < -0.3 is 5.41 Å². The van der Waals surface area contributed by atoms with E-state index in [2.05, 4.69) is 4.98 Å². The van der Waals surface area contributed by atoms with Gasteiger partial charge in [0.25, 0.3) is 0 Å². The molecule has 0 atom stereocenters. The first-order valence-electron chi connectivity index (χ1n) is 4.19. The van der Waals surface area contributed by atoms with Crippen LogP contribution >= 0.6 is 0 Å². The second kappa shape index (κ2) is 5.47. The Morgan fingerprint density at radius 3 is 2.25 bits per heavy atom. The van der Waals surface area contributed by atoms with Gasteiger partial charge in [-0.1, -0.05) is 19.9 Å². The van der Waals surface area contributed by atoms with E-state index in [4.69, 9.17) is 5.41 Å². The number of hydrogen-bond acceptors (Lipinski definition) is 2. The Morgan fingerprint density at radius 2 is 1.83 bits per heavy atom. The van der Waals surface area contributed by atoms with E-state index in [0.29, 0.717) is 0 Å². The highest BCUT2D eigenvalue weighted by atomic mass is 14.7. The molecule has 0 aromatic carbocycles. The smallest absolute Gasteiger partial charge is 0.0808 e. The van der Waals surface area contributed by atoms with Crippen molar-refractivity contribution in [3.05, 3.63) is 29.1 Å². The third kappa shape index (κ3) is 2.82. The van der Waals surface area contributed by atoms with Crippen molar-refractivity contribution < 1.29 is 0 Å². The predicted molar refractivity (Wildman–Crippen MR) is 52.9 cm³/mol. The van der Waals surface area contributed by atoms with Crippen molar-refractivity contribution in [1.29, 1.82) is 5.41 Å². The van der Waals surface area contributed by atoms with Gasteiger partial charge in [0.1, 0.15) is 0 Å². The zero-order chi connectivity index (χ0) is 9.56. The average molecular weight is 164 g/mol. The lowest BCUT2D eigenvalue weighted by Gasteiger charge is -1.97. The van der Waals surface area contributed by atoms with E-state index in [9.17, 15) is 0 Å². The average Bonchev–Trinajstić information content (AvgIpc) is 2.13. The molecule has 2 heteroatoms. The van der Waals surface area contributed by atoms with Crippen molar-refractivity contribution >= 4 is 6.21 Å². The second-order valence-electron chi connectivity index (χ2n) is 2.28. The number of hydrogen-bond donors (Lipinski definition) is 1. The fraction of sp³-hybridized carbons (Fsp3) is 0.400. The van der Waals surface area contributed by atoms with Crippen molar-refractivity contribution in [3.8, 4) is 0 Å². The van der Waals surface area contributed by atoms with Gasteiger partial charge in [0, 0.05) is 11.9 Å². The summed E-state index contributed by atoms with van der Waals surface area (Å²) in [6.45, 7) is 7.96. The van der Waals surface area contributed by atoms with E-state index in [1.54, 1.807) is 0 Å². The molecule has 0 aliphatic heterocycles. The molecule has 0 aliphatic rings. The molecule has 1 rings (SSSR count). The fourth-order valence-corrected chi connectivity index (χ4v) is 0.730. The minimum Gasteiger partial charge on any atom is -0.307 e. The molecule has 0 amide bonds.